The van der Waals surface area contributed by atoms with Gasteiger partial charge in [0.05, 0.1) is 17.3 Å². The summed E-state index contributed by atoms with van der Waals surface area (Å²) < 4.78 is 18.3. The van der Waals surface area contributed by atoms with E-state index in [-0.39, 0.29) is 5.02 Å². The summed E-state index contributed by atoms with van der Waals surface area (Å²) in [7, 11) is 1.93. The first-order chi connectivity index (χ1) is 6.18. The maximum Gasteiger partial charge on any atom is 0.145 e. The van der Waals surface area contributed by atoms with Gasteiger partial charge in [-0.15, -0.1) is 0 Å². The molecule has 2 nitrogen and oxygen atoms in total. The molecule has 1 heterocycles. The van der Waals surface area contributed by atoms with Crippen molar-refractivity contribution in [2.75, 3.05) is 25.1 Å². The molecule has 1 aromatic rings. The van der Waals surface area contributed by atoms with Crippen LogP contribution in [0.2, 0.25) is 5.02 Å². The summed E-state index contributed by atoms with van der Waals surface area (Å²) in [5.41, 5.74) is 0.845. The largest absolute Gasteiger partial charge is 0.489 e. The third kappa shape index (κ3) is 1.44. The second-order valence-electron chi connectivity index (χ2n) is 3.00. The highest BCUT2D eigenvalue weighted by molar-refractivity contribution is 6.31. The van der Waals surface area contributed by atoms with Crippen LogP contribution < -0.4 is 9.64 Å². The number of nitrogens with zero attached hydrogens (tertiary/aromatic N) is 1. The number of ether oxygens (including phenoxy) is 1. The van der Waals surface area contributed by atoms with E-state index in [2.05, 4.69) is 0 Å². The Morgan fingerprint density at radius 2 is 2.31 bits per heavy atom. The van der Waals surface area contributed by atoms with Crippen LogP contribution in [-0.2, 0) is 0 Å². The lowest BCUT2D eigenvalue weighted by atomic mass is 10.2. The van der Waals surface area contributed by atoms with E-state index in [9.17, 15) is 4.39 Å². The number of hydrogen-bond donors (Lipinski definition) is 0. The number of benzene rings is 1. The van der Waals surface area contributed by atoms with Gasteiger partial charge in [-0.3, -0.25) is 0 Å². The minimum atomic E-state index is -0.435. The Morgan fingerprint density at radius 1 is 1.54 bits per heavy atom. The van der Waals surface area contributed by atoms with Crippen molar-refractivity contribution in [1.29, 1.82) is 0 Å². The average Bonchev–Trinajstić information content (AvgIpc) is 2.09. The van der Waals surface area contributed by atoms with Crippen molar-refractivity contribution in [1.82, 2.24) is 0 Å². The van der Waals surface area contributed by atoms with Crippen LogP contribution in [0.25, 0.3) is 0 Å². The zero-order valence-electron chi connectivity index (χ0n) is 7.18. The molecule has 0 atom stereocenters. The van der Waals surface area contributed by atoms with Gasteiger partial charge in [0.1, 0.15) is 18.2 Å². The Labute approximate surface area is 80.9 Å². The normalized spacial score (nSPS) is 15.2. The number of hydrogen-bond acceptors (Lipinski definition) is 2. The van der Waals surface area contributed by atoms with E-state index in [0.29, 0.717) is 12.4 Å². The lowest BCUT2D eigenvalue weighted by Gasteiger charge is -2.27. The monoisotopic (exact) mass is 201 g/mol. The highest BCUT2D eigenvalue weighted by atomic mass is 35.5. The fourth-order valence-electron chi connectivity index (χ4n) is 1.34. The van der Waals surface area contributed by atoms with Crippen LogP contribution in [0.15, 0.2) is 12.1 Å². The van der Waals surface area contributed by atoms with Crippen molar-refractivity contribution < 1.29 is 9.13 Å². The van der Waals surface area contributed by atoms with Gasteiger partial charge in [0.25, 0.3) is 0 Å². The van der Waals surface area contributed by atoms with Crippen molar-refractivity contribution in [2.24, 2.45) is 0 Å². The SMILES string of the molecule is CN1CCOc2cc(F)c(Cl)cc21. The molecule has 0 bridgehead atoms. The van der Waals surface area contributed by atoms with Gasteiger partial charge in [-0.1, -0.05) is 11.6 Å². The van der Waals surface area contributed by atoms with Gasteiger partial charge >= 0.3 is 0 Å². The Bertz CT molecular complexity index is 343. The van der Waals surface area contributed by atoms with E-state index in [0.717, 1.165) is 12.2 Å². The first kappa shape index (κ1) is 8.63. The predicted molar refractivity (Wildman–Crippen MR) is 50.2 cm³/mol. The van der Waals surface area contributed by atoms with Crippen molar-refractivity contribution >= 4 is 17.3 Å². The molecule has 1 aliphatic heterocycles. The molecule has 0 unspecified atom stereocenters. The van der Waals surface area contributed by atoms with E-state index >= 15 is 0 Å². The number of anilines is 1. The molecule has 0 aromatic heterocycles. The molecule has 0 aliphatic carbocycles. The highest BCUT2D eigenvalue weighted by Gasteiger charge is 2.17. The van der Waals surface area contributed by atoms with E-state index in [1.54, 1.807) is 6.07 Å². The number of halogens is 2. The second-order valence-corrected chi connectivity index (χ2v) is 3.41. The maximum atomic E-state index is 13.0. The molecule has 1 aliphatic rings. The zero-order valence-corrected chi connectivity index (χ0v) is 7.94. The number of fused-ring (bicyclic) bond motifs is 1. The van der Waals surface area contributed by atoms with Crippen molar-refractivity contribution in [3.8, 4) is 5.75 Å². The molecule has 0 saturated carbocycles. The standard InChI is InChI=1S/C9H9ClFNO/c1-12-2-3-13-9-5-7(11)6(10)4-8(9)12/h4-5H,2-3H2,1H3. The van der Waals surface area contributed by atoms with Gasteiger partial charge < -0.3 is 9.64 Å². The summed E-state index contributed by atoms with van der Waals surface area (Å²) in [5.74, 6) is 0.131. The van der Waals surface area contributed by atoms with Crippen molar-refractivity contribution in [3.05, 3.63) is 23.0 Å². The van der Waals surface area contributed by atoms with Crippen molar-refractivity contribution in [3.63, 3.8) is 0 Å². The van der Waals surface area contributed by atoms with E-state index in [1.165, 1.54) is 6.07 Å². The lowest BCUT2D eigenvalue weighted by Crippen LogP contribution is -2.28. The summed E-state index contributed by atoms with van der Waals surface area (Å²) in [6.45, 7) is 1.39. The molecule has 13 heavy (non-hydrogen) atoms. The molecule has 0 spiro atoms. The molecule has 0 fully saturated rings. The van der Waals surface area contributed by atoms with E-state index in [1.807, 2.05) is 11.9 Å². The van der Waals surface area contributed by atoms with Crippen LogP contribution >= 0.6 is 11.6 Å². The minimum absolute atomic E-state index is 0.135. The van der Waals surface area contributed by atoms with Crippen molar-refractivity contribution in [2.45, 2.75) is 0 Å². The first-order valence-electron chi connectivity index (χ1n) is 4.01. The molecular weight excluding hydrogens is 193 g/mol. The van der Waals surface area contributed by atoms with Gasteiger partial charge in [-0.05, 0) is 6.07 Å². The maximum absolute atomic E-state index is 13.0. The third-order valence-electron chi connectivity index (χ3n) is 2.10. The van der Waals surface area contributed by atoms with Crippen LogP contribution in [0.1, 0.15) is 0 Å². The van der Waals surface area contributed by atoms with Crippen LogP contribution in [0, 0.1) is 5.82 Å². The minimum Gasteiger partial charge on any atom is -0.489 e. The quantitative estimate of drug-likeness (QED) is 0.639. The summed E-state index contributed by atoms with van der Waals surface area (Å²) in [6.07, 6.45) is 0. The zero-order chi connectivity index (χ0) is 9.42. The second kappa shape index (κ2) is 3.07. The Balaban J connectivity index is 2.52. The molecule has 70 valence electrons. The van der Waals surface area contributed by atoms with Gasteiger partial charge in [0, 0.05) is 13.1 Å². The van der Waals surface area contributed by atoms with Crippen LogP contribution in [0.4, 0.5) is 10.1 Å². The van der Waals surface area contributed by atoms with Crippen LogP contribution in [0.5, 0.6) is 5.75 Å². The molecule has 0 radical (unpaired) electrons. The van der Waals surface area contributed by atoms with Gasteiger partial charge in [-0.25, -0.2) is 4.39 Å². The Kier molecular flexibility index (Phi) is 2.04. The molecule has 2 rings (SSSR count). The average molecular weight is 202 g/mol. The molecule has 4 heteroatoms. The Hall–Kier alpha value is -0.960. The molecule has 0 N–H and O–H groups in total. The summed E-state index contributed by atoms with van der Waals surface area (Å²) in [5, 5.41) is 0.135. The van der Waals surface area contributed by atoms with E-state index < -0.39 is 5.82 Å². The first-order valence-corrected chi connectivity index (χ1v) is 4.39. The fourth-order valence-corrected chi connectivity index (χ4v) is 1.50. The molecular formula is C9H9ClFNO. The topological polar surface area (TPSA) is 12.5 Å². The number of rotatable bonds is 0. The third-order valence-corrected chi connectivity index (χ3v) is 2.39. The fraction of sp³-hybridized carbons (Fsp3) is 0.333. The summed E-state index contributed by atoms with van der Waals surface area (Å²) >= 11 is 5.65. The lowest BCUT2D eigenvalue weighted by molar-refractivity contribution is 0.309. The van der Waals surface area contributed by atoms with Gasteiger partial charge in [-0.2, -0.15) is 0 Å². The van der Waals surface area contributed by atoms with E-state index in [4.69, 9.17) is 16.3 Å². The smallest absolute Gasteiger partial charge is 0.145 e. The predicted octanol–water partition coefficient (Wildman–Crippen LogP) is 2.31. The Morgan fingerprint density at radius 3 is 3.08 bits per heavy atom. The van der Waals surface area contributed by atoms with Gasteiger partial charge in [0.2, 0.25) is 0 Å². The van der Waals surface area contributed by atoms with Gasteiger partial charge in [0.15, 0.2) is 0 Å². The molecule has 0 amide bonds. The highest BCUT2D eigenvalue weighted by Crippen LogP contribution is 2.34. The summed E-state index contributed by atoms with van der Waals surface area (Å²) in [6, 6.07) is 2.92. The number of likely N-dealkylation sites (N-methyl/N-ethyl adjacent to an activating group) is 1. The molecule has 0 saturated heterocycles. The van der Waals surface area contributed by atoms with Crippen LogP contribution in [0.3, 0.4) is 0 Å². The summed E-state index contributed by atoms with van der Waals surface area (Å²) in [4.78, 5) is 1.99. The molecule has 1 aromatic carbocycles. The van der Waals surface area contributed by atoms with Crippen LogP contribution in [-0.4, -0.2) is 20.2 Å².